The summed E-state index contributed by atoms with van der Waals surface area (Å²) in [6, 6.07) is 3.71. The van der Waals surface area contributed by atoms with Crippen LogP contribution >= 0.6 is 0 Å². The molecule has 9 heteroatoms. The monoisotopic (exact) mass is 325 g/mol. The van der Waals surface area contributed by atoms with Crippen molar-refractivity contribution in [3.05, 3.63) is 48.4 Å². The molecule has 3 aromatic rings. The van der Waals surface area contributed by atoms with E-state index in [1.165, 1.54) is 12.5 Å². The molecule has 122 valence electrons. The quantitative estimate of drug-likeness (QED) is 0.585. The van der Waals surface area contributed by atoms with Crippen LogP contribution in [0.4, 0.5) is 5.82 Å². The van der Waals surface area contributed by atoms with Gasteiger partial charge in [-0.1, -0.05) is 0 Å². The van der Waals surface area contributed by atoms with Crippen molar-refractivity contribution in [2.75, 3.05) is 11.9 Å². The Hall–Kier alpha value is -3.36. The highest BCUT2D eigenvalue weighted by atomic mass is 16.4. The summed E-state index contributed by atoms with van der Waals surface area (Å²) >= 11 is 0. The summed E-state index contributed by atoms with van der Waals surface area (Å²) in [5.74, 6) is 0.894. The Morgan fingerprint density at radius 2 is 2.21 bits per heavy atom. The lowest BCUT2D eigenvalue weighted by molar-refractivity contribution is -0.136. The molecule has 0 amide bonds. The van der Waals surface area contributed by atoms with Crippen LogP contribution in [0, 0.1) is 0 Å². The summed E-state index contributed by atoms with van der Waals surface area (Å²) < 4.78 is 0. The van der Waals surface area contributed by atoms with Crippen molar-refractivity contribution < 1.29 is 9.90 Å². The first-order valence-corrected chi connectivity index (χ1v) is 7.28. The summed E-state index contributed by atoms with van der Waals surface area (Å²) in [5, 5.41) is 19.0. The molecular weight excluding hydrogens is 310 g/mol. The van der Waals surface area contributed by atoms with Crippen molar-refractivity contribution in [2.24, 2.45) is 0 Å². The molecule has 0 aromatic carbocycles. The predicted octanol–water partition coefficient (Wildman–Crippen LogP) is 0.938. The number of carbonyl (C=O) groups is 1. The van der Waals surface area contributed by atoms with E-state index in [2.05, 4.69) is 35.5 Å². The third-order valence-electron chi connectivity index (χ3n) is 3.24. The topological polar surface area (TPSA) is 130 Å². The first-order chi connectivity index (χ1) is 11.7. The lowest BCUT2D eigenvalue weighted by Gasteiger charge is -2.07. The Morgan fingerprint density at radius 1 is 1.29 bits per heavy atom. The second kappa shape index (κ2) is 7.27. The number of nitrogens with one attached hydrogen (secondary N) is 2. The molecule has 0 bridgehead atoms. The van der Waals surface area contributed by atoms with Crippen molar-refractivity contribution in [1.82, 2.24) is 30.1 Å². The number of aromatic nitrogens is 6. The molecule has 3 N–H and O–H groups in total. The second-order valence-corrected chi connectivity index (χ2v) is 4.99. The Kier molecular flexibility index (Phi) is 4.70. The van der Waals surface area contributed by atoms with Crippen molar-refractivity contribution in [3.8, 4) is 11.4 Å². The fourth-order valence-electron chi connectivity index (χ4n) is 2.14. The maximum atomic E-state index is 10.8. The number of hydrogen-bond donors (Lipinski definition) is 3. The summed E-state index contributed by atoms with van der Waals surface area (Å²) in [5.41, 5.74) is 1.38. The number of rotatable bonds is 7. The van der Waals surface area contributed by atoms with Crippen LogP contribution in [0.15, 0.2) is 37.1 Å². The molecule has 3 heterocycles. The van der Waals surface area contributed by atoms with Crippen LogP contribution in [-0.2, 0) is 17.6 Å². The van der Waals surface area contributed by atoms with Gasteiger partial charge in [-0.3, -0.25) is 14.9 Å². The largest absolute Gasteiger partial charge is 0.481 e. The number of carboxylic acids is 1. The molecule has 0 aliphatic rings. The van der Waals surface area contributed by atoms with Crippen molar-refractivity contribution >= 4 is 11.8 Å². The molecule has 0 saturated carbocycles. The Balaban J connectivity index is 1.60. The predicted molar refractivity (Wildman–Crippen MR) is 85.2 cm³/mol. The van der Waals surface area contributed by atoms with Crippen molar-refractivity contribution in [1.29, 1.82) is 0 Å². The van der Waals surface area contributed by atoms with Crippen LogP contribution in [0.25, 0.3) is 11.4 Å². The Morgan fingerprint density at radius 3 is 3.00 bits per heavy atom. The molecule has 0 aliphatic carbocycles. The maximum absolute atomic E-state index is 10.8. The van der Waals surface area contributed by atoms with Crippen molar-refractivity contribution in [3.63, 3.8) is 0 Å². The highest BCUT2D eigenvalue weighted by Gasteiger charge is 2.09. The number of aromatic amines is 1. The SMILES string of the molecule is O=C(O)Cc1cncnc1NCCc1nc(-c2cccnc2)n[nH]1. The fraction of sp³-hybridized carbons (Fsp3) is 0.200. The Bertz CT molecular complexity index is 819. The van der Waals surface area contributed by atoms with Gasteiger partial charge in [0.25, 0.3) is 0 Å². The van der Waals surface area contributed by atoms with E-state index in [1.807, 2.05) is 12.1 Å². The Labute approximate surface area is 137 Å². The summed E-state index contributed by atoms with van der Waals surface area (Å²) in [6.45, 7) is 0.533. The summed E-state index contributed by atoms with van der Waals surface area (Å²) in [7, 11) is 0. The van der Waals surface area contributed by atoms with Gasteiger partial charge in [0.05, 0.1) is 6.42 Å². The van der Waals surface area contributed by atoms with Gasteiger partial charge in [-0.25, -0.2) is 15.0 Å². The molecule has 24 heavy (non-hydrogen) atoms. The number of aliphatic carboxylic acids is 1. The minimum absolute atomic E-state index is 0.128. The zero-order valence-corrected chi connectivity index (χ0v) is 12.7. The molecule has 9 nitrogen and oxygen atoms in total. The van der Waals surface area contributed by atoms with Gasteiger partial charge in [-0.2, -0.15) is 5.10 Å². The second-order valence-electron chi connectivity index (χ2n) is 4.99. The van der Waals surface area contributed by atoms with Crippen LogP contribution in [0.5, 0.6) is 0 Å². The minimum atomic E-state index is -0.927. The van der Waals surface area contributed by atoms with E-state index in [-0.39, 0.29) is 6.42 Å². The first-order valence-electron chi connectivity index (χ1n) is 7.28. The molecule has 0 fully saturated rings. The molecule has 0 unspecified atom stereocenters. The van der Waals surface area contributed by atoms with E-state index in [1.54, 1.807) is 12.4 Å². The molecular formula is C15H15N7O2. The van der Waals surface area contributed by atoms with Crippen LogP contribution < -0.4 is 5.32 Å². The molecule has 0 aliphatic heterocycles. The van der Waals surface area contributed by atoms with Gasteiger partial charge in [0.1, 0.15) is 18.0 Å². The zero-order chi connectivity index (χ0) is 16.8. The van der Waals surface area contributed by atoms with E-state index in [0.29, 0.717) is 30.2 Å². The van der Waals surface area contributed by atoms with Gasteiger partial charge in [-0.15, -0.1) is 0 Å². The van der Waals surface area contributed by atoms with E-state index in [9.17, 15) is 4.79 Å². The van der Waals surface area contributed by atoms with Crippen LogP contribution in [0.2, 0.25) is 0 Å². The van der Waals surface area contributed by atoms with Crippen LogP contribution in [0.1, 0.15) is 11.4 Å². The van der Waals surface area contributed by atoms with E-state index in [0.717, 1.165) is 11.4 Å². The average molecular weight is 325 g/mol. The highest BCUT2D eigenvalue weighted by Crippen LogP contribution is 2.13. The van der Waals surface area contributed by atoms with Crippen LogP contribution in [-0.4, -0.2) is 47.8 Å². The lowest BCUT2D eigenvalue weighted by Crippen LogP contribution is -2.11. The van der Waals surface area contributed by atoms with Crippen LogP contribution in [0.3, 0.4) is 0 Å². The first kappa shape index (κ1) is 15.5. The standard InChI is InChI=1S/C15H15N7O2/c23-13(24)6-11-8-17-9-19-14(11)18-5-3-12-20-15(22-21-12)10-2-1-4-16-7-10/h1-2,4,7-9H,3,5-6H2,(H,23,24)(H,17,18,19)(H,20,21,22). The molecule has 3 rings (SSSR count). The highest BCUT2D eigenvalue weighted by molar-refractivity contribution is 5.72. The van der Waals surface area contributed by atoms with Gasteiger partial charge < -0.3 is 10.4 Å². The fourth-order valence-corrected chi connectivity index (χ4v) is 2.14. The van der Waals surface area contributed by atoms with Gasteiger partial charge >= 0.3 is 5.97 Å². The molecule has 0 spiro atoms. The zero-order valence-electron chi connectivity index (χ0n) is 12.7. The molecule has 3 aromatic heterocycles. The number of nitrogens with zero attached hydrogens (tertiary/aromatic N) is 5. The number of carboxylic acid groups (broad SMARTS) is 1. The molecule has 0 saturated heterocycles. The van der Waals surface area contributed by atoms with Crippen molar-refractivity contribution in [2.45, 2.75) is 12.8 Å². The van der Waals surface area contributed by atoms with Gasteiger partial charge in [-0.05, 0) is 12.1 Å². The smallest absolute Gasteiger partial charge is 0.308 e. The summed E-state index contributed by atoms with van der Waals surface area (Å²) in [4.78, 5) is 27.2. The van der Waals surface area contributed by atoms with E-state index < -0.39 is 5.97 Å². The minimum Gasteiger partial charge on any atom is -0.481 e. The van der Waals surface area contributed by atoms with Gasteiger partial charge in [0.15, 0.2) is 5.82 Å². The normalized spacial score (nSPS) is 10.5. The van der Waals surface area contributed by atoms with Gasteiger partial charge in [0.2, 0.25) is 0 Å². The summed E-state index contributed by atoms with van der Waals surface area (Å²) in [6.07, 6.45) is 6.73. The third-order valence-corrected chi connectivity index (χ3v) is 3.24. The van der Waals surface area contributed by atoms with E-state index >= 15 is 0 Å². The number of H-pyrrole nitrogens is 1. The third kappa shape index (κ3) is 3.88. The average Bonchev–Trinajstić information content (AvgIpc) is 3.06. The number of hydrogen-bond acceptors (Lipinski definition) is 7. The van der Waals surface area contributed by atoms with Gasteiger partial charge in [0, 0.05) is 42.7 Å². The number of anilines is 1. The maximum Gasteiger partial charge on any atom is 0.308 e. The molecule has 0 atom stereocenters. The number of pyridine rings is 1. The molecule has 0 radical (unpaired) electrons. The lowest BCUT2D eigenvalue weighted by atomic mass is 10.2. The van der Waals surface area contributed by atoms with E-state index in [4.69, 9.17) is 5.11 Å².